The van der Waals surface area contributed by atoms with E-state index in [4.69, 9.17) is 4.74 Å². The van der Waals surface area contributed by atoms with E-state index in [1.54, 1.807) is 12.1 Å². The summed E-state index contributed by atoms with van der Waals surface area (Å²) in [5.41, 5.74) is 9.07. The Labute approximate surface area is 221 Å². The van der Waals surface area contributed by atoms with Crippen LogP contribution in [0.15, 0.2) is 64.5 Å². The standard InChI is InChI=1S/C29H32N6O3/c1-4-22-18-26-24(12-7-20(3)35(26)32-22)25-13-14-28(37)34(33-25)15-5-6-16-38-23-10-8-21(9-11-23)29-19(2)17-27(36)30-31-29/h7-14,18-19H,4-6,15-17H2,1-3H3,(H,30,36). The molecule has 0 fully saturated rings. The fourth-order valence-corrected chi connectivity index (χ4v) is 4.67. The quantitative estimate of drug-likeness (QED) is 0.340. The second kappa shape index (κ2) is 11.0. The summed E-state index contributed by atoms with van der Waals surface area (Å²) in [5.74, 6) is 0.800. The fraction of sp³-hybridized carbons (Fsp3) is 0.345. The average molecular weight is 513 g/mol. The number of fused-ring (bicyclic) bond motifs is 1. The molecular formula is C29H32N6O3. The Hall–Kier alpha value is -4.27. The van der Waals surface area contributed by atoms with Crippen LogP contribution in [0.3, 0.4) is 0 Å². The van der Waals surface area contributed by atoms with E-state index < -0.39 is 0 Å². The lowest BCUT2D eigenvalue weighted by atomic mass is 9.94. The third-order valence-corrected chi connectivity index (χ3v) is 6.81. The number of unbranched alkanes of at least 4 members (excludes halogenated alkanes) is 1. The maximum Gasteiger partial charge on any atom is 0.266 e. The highest BCUT2D eigenvalue weighted by molar-refractivity contribution is 6.05. The van der Waals surface area contributed by atoms with Gasteiger partial charge in [0.25, 0.3) is 5.56 Å². The Bertz CT molecular complexity index is 1550. The molecule has 0 bridgehead atoms. The average Bonchev–Trinajstić information content (AvgIpc) is 3.36. The molecule has 38 heavy (non-hydrogen) atoms. The van der Waals surface area contributed by atoms with Gasteiger partial charge in [0.15, 0.2) is 0 Å². The predicted octanol–water partition coefficient (Wildman–Crippen LogP) is 4.15. The normalized spacial score (nSPS) is 15.4. The number of carbonyl (C=O) groups is 1. The van der Waals surface area contributed by atoms with Gasteiger partial charge in [-0.05, 0) is 80.3 Å². The van der Waals surface area contributed by atoms with E-state index in [0.717, 1.165) is 64.4 Å². The van der Waals surface area contributed by atoms with E-state index in [0.29, 0.717) is 19.6 Å². The highest BCUT2D eigenvalue weighted by Gasteiger charge is 2.21. The number of ether oxygens (including phenoxy) is 1. The molecule has 1 aliphatic heterocycles. The van der Waals surface area contributed by atoms with Crippen LogP contribution in [0.4, 0.5) is 0 Å². The topological polar surface area (TPSA) is 103 Å². The first-order chi connectivity index (χ1) is 18.4. The van der Waals surface area contributed by atoms with Gasteiger partial charge in [-0.15, -0.1) is 0 Å². The zero-order valence-electron chi connectivity index (χ0n) is 22.0. The Kier molecular flexibility index (Phi) is 7.35. The molecule has 4 heterocycles. The second-order valence-corrected chi connectivity index (χ2v) is 9.67. The van der Waals surface area contributed by atoms with Crippen LogP contribution in [0.5, 0.6) is 5.75 Å². The van der Waals surface area contributed by atoms with E-state index in [1.165, 1.54) is 4.68 Å². The number of aromatic nitrogens is 4. The number of hydrogen-bond donors (Lipinski definition) is 1. The number of nitrogens with zero attached hydrogens (tertiary/aromatic N) is 5. The molecule has 3 aromatic heterocycles. The van der Waals surface area contributed by atoms with E-state index in [2.05, 4.69) is 33.7 Å². The fourth-order valence-electron chi connectivity index (χ4n) is 4.67. The van der Waals surface area contributed by atoms with E-state index in [9.17, 15) is 9.59 Å². The third-order valence-electron chi connectivity index (χ3n) is 6.81. The summed E-state index contributed by atoms with van der Waals surface area (Å²) in [7, 11) is 0. The molecule has 196 valence electrons. The molecule has 5 rings (SSSR count). The Balaban J connectivity index is 1.18. The molecule has 0 radical (unpaired) electrons. The summed E-state index contributed by atoms with van der Waals surface area (Å²) in [6.07, 6.45) is 2.84. The monoisotopic (exact) mass is 512 g/mol. The van der Waals surface area contributed by atoms with Gasteiger partial charge in [-0.2, -0.15) is 15.3 Å². The van der Waals surface area contributed by atoms with Crippen LogP contribution in [0.25, 0.3) is 16.8 Å². The van der Waals surface area contributed by atoms with E-state index in [-0.39, 0.29) is 17.4 Å². The maximum atomic E-state index is 12.5. The van der Waals surface area contributed by atoms with E-state index in [1.807, 2.05) is 54.8 Å². The minimum Gasteiger partial charge on any atom is -0.494 e. The Morgan fingerprint density at radius 1 is 1.03 bits per heavy atom. The molecule has 9 heteroatoms. The Morgan fingerprint density at radius 3 is 2.61 bits per heavy atom. The molecule has 9 nitrogen and oxygen atoms in total. The molecule has 1 aliphatic rings. The van der Waals surface area contributed by atoms with Gasteiger partial charge in [0, 0.05) is 36.2 Å². The van der Waals surface area contributed by atoms with Gasteiger partial charge in [-0.25, -0.2) is 14.6 Å². The third kappa shape index (κ3) is 5.37. The highest BCUT2D eigenvalue weighted by Crippen LogP contribution is 2.24. The van der Waals surface area contributed by atoms with Gasteiger partial charge >= 0.3 is 0 Å². The molecule has 0 saturated heterocycles. The number of benzene rings is 1. The van der Waals surface area contributed by atoms with Crippen molar-refractivity contribution in [1.82, 2.24) is 24.8 Å². The molecule has 1 N–H and O–H groups in total. The molecule has 4 aromatic rings. The summed E-state index contributed by atoms with van der Waals surface area (Å²) in [6.45, 7) is 7.17. The molecule has 1 aromatic carbocycles. The van der Waals surface area contributed by atoms with Crippen molar-refractivity contribution in [1.29, 1.82) is 0 Å². The first-order valence-corrected chi connectivity index (χ1v) is 13.1. The molecule has 1 unspecified atom stereocenters. The summed E-state index contributed by atoms with van der Waals surface area (Å²) in [6, 6.07) is 17.3. The van der Waals surface area contributed by atoms with Crippen LogP contribution in [-0.4, -0.2) is 37.6 Å². The zero-order valence-corrected chi connectivity index (χ0v) is 22.0. The smallest absolute Gasteiger partial charge is 0.266 e. The number of amides is 1. The summed E-state index contributed by atoms with van der Waals surface area (Å²) >= 11 is 0. The number of nitrogens with one attached hydrogen (secondary N) is 1. The van der Waals surface area contributed by atoms with Gasteiger partial charge in [0.1, 0.15) is 5.75 Å². The van der Waals surface area contributed by atoms with Gasteiger partial charge in [-0.3, -0.25) is 9.59 Å². The van der Waals surface area contributed by atoms with E-state index >= 15 is 0 Å². The van der Waals surface area contributed by atoms with Crippen molar-refractivity contribution >= 4 is 17.1 Å². The second-order valence-electron chi connectivity index (χ2n) is 9.67. The predicted molar refractivity (Wildman–Crippen MR) is 146 cm³/mol. The summed E-state index contributed by atoms with van der Waals surface area (Å²) in [5, 5.41) is 13.5. The molecule has 0 saturated carbocycles. The summed E-state index contributed by atoms with van der Waals surface area (Å²) < 4.78 is 9.37. The van der Waals surface area contributed by atoms with Crippen LogP contribution >= 0.6 is 0 Å². The van der Waals surface area contributed by atoms with Crippen molar-refractivity contribution in [2.45, 2.75) is 53.0 Å². The SMILES string of the molecule is CCc1cc2c(-c3ccc(=O)n(CCCCOc4ccc(C5=NNC(=O)CC5C)cc4)n3)ccc(C)n2n1. The van der Waals surface area contributed by atoms with Crippen molar-refractivity contribution in [3.8, 4) is 17.0 Å². The van der Waals surface area contributed by atoms with Crippen LogP contribution in [0.1, 0.15) is 50.1 Å². The minimum atomic E-state index is -0.118. The lowest BCUT2D eigenvalue weighted by Gasteiger charge is -2.19. The largest absolute Gasteiger partial charge is 0.494 e. The zero-order chi connectivity index (χ0) is 26.6. The Morgan fingerprint density at radius 2 is 1.84 bits per heavy atom. The van der Waals surface area contributed by atoms with Crippen molar-refractivity contribution in [2.75, 3.05) is 6.61 Å². The molecular weight excluding hydrogens is 480 g/mol. The lowest BCUT2D eigenvalue weighted by molar-refractivity contribution is -0.121. The minimum absolute atomic E-state index is 0.0540. The number of rotatable bonds is 9. The van der Waals surface area contributed by atoms with Gasteiger partial charge in [0.2, 0.25) is 5.91 Å². The van der Waals surface area contributed by atoms with Crippen molar-refractivity contribution in [3.05, 3.63) is 81.9 Å². The van der Waals surface area contributed by atoms with Crippen LogP contribution in [0.2, 0.25) is 0 Å². The molecule has 0 aliphatic carbocycles. The van der Waals surface area contributed by atoms with Crippen LogP contribution in [0, 0.1) is 12.8 Å². The number of hydrogen-bond acceptors (Lipinski definition) is 6. The van der Waals surface area contributed by atoms with Gasteiger partial charge in [-0.1, -0.05) is 13.8 Å². The first-order valence-electron chi connectivity index (χ1n) is 13.1. The van der Waals surface area contributed by atoms with Crippen molar-refractivity contribution < 1.29 is 9.53 Å². The lowest BCUT2D eigenvalue weighted by Crippen LogP contribution is -2.31. The first kappa shape index (κ1) is 25.4. The van der Waals surface area contributed by atoms with Gasteiger partial charge in [0.05, 0.1) is 29.2 Å². The molecule has 1 amide bonds. The number of pyridine rings is 1. The summed E-state index contributed by atoms with van der Waals surface area (Å²) in [4.78, 5) is 24.0. The van der Waals surface area contributed by atoms with Crippen LogP contribution in [-0.2, 0) is 17.8 Å². The van der Waals surface area contributed by atoms with Crippen LogP contribution < -0.4 is 15.7 Å². The molecule has 1 atom stereocenters. The number of hydrazone groups is 1. The number of aryl methyl sites for hydroxylation is 3. The van der Waals surface area contributed by atoms with Crippen molar-refractivity contribution in [3.63, 3.8) is 0 Å². The molecule has 0 spiro atoms. The van der Waals surface area contributed by atoms with Crippen molar-refractivity contribution in [2.24, 2.45) is 11.0 Å². The number of carbonyl (C=O) groups excluding carboxylic acids is 1. The van der Waals surface area contributed by atoms with Gasteiger partial charge < -0.3 is 4.74 Å². The maximum absolute atomic E-state index is 12.5. The highest BCUT2D eigenvalue weighted by atomic mass is 16.5.